The number of aliphatic hydroxyl groups is 1. The molecule has 10 N–H and O–H groups in total. The van der Waals surface area contributed by atoms with Crippen LogP contribution in [0.5, 0.6) is 0 Å². The predicted octanol–water partition coefficient (Wildman–Crippen LogP) is -1.92. The highest BCUT2D eigenvalue weighted by atomic mass is 16.4. The van der Waals surface area contributed by atoms with Crippen LogP contribution in [-0.2, 0) is 30.4 Å². The minimum Gasteiger partial charge on any atom is -0.481 e. The van der Waals surface area contributed by atoms with Crippen LogP contribution in [0.4, 0.5) is 0 Å². The van der Waals surface area contributed by atoms with Gasteiger partial charge in [-0.15, -0.1) is 0 Å². The molecule has 0 aliphatic rings. The highest BCUT2D eigenvalue weighted by Crippen LogP contribution is 2.06. The first-order valence-electron chi connectivity index (χ1n) is 11.5. The Morgan fingerprint density at radius 1 is 0.806 bits per heavy atom. The fourth-order valence-electron chi connectivity index (χ4n) is 3.27. The molecular weight excluding hydrogens is 474 g/mol. The molecule has 13 heteroatoms. The van der Waals surface area contributed by atoms with Gasteiger partial charge in [0.15, 0.2) is 0 Å². The van der Waals surface area contributed by atoms with Crippen molar-refractivity contribution < 1.29 is 39.3 Å². The van der Waals surface area contributed by atoms with Crippen LogP contribution in [-0.4, -0.2) is 82.3 Å². The van der Waals surface area contributed by atoms with E-state index >= 15 is 0 Å². The molecule has 1 rings (SSSR count). The zero-order valence-corrected chi connectivity index (χ0v) is 19.9. The Morgan fingerprint density at radius 2 is 1.39 bits per heavy atom. The standard InChI is InChI=1S/C23H35N5O8/c24-11-5-4-8-16(21(33)27-17(23(35)36)9-10-19(30)31)26-22(34)18(13-29)28-20(32)15(25)12-14-6-2-1-3-7-14/h1-3,6-7,15-18,29H,4-5,8-13,24-25H2,(H,26,34)(H,27,33)(H,28,32)(H,30,31)(H,35,36). The van der Waals surface area contributed by atoms with Gasteiger partial charge in [-0.05, 0) is 44.2 Å². The number of hydrogen-bond acceptors (Lipinski definition) is 8. The first-order chi connectivity index (χ1) is 17.1. The second kappa shape index (κ2) is 16.2. The molecule has 0 aliphatic carbocycles. The highest BCUT2D eigenvalue weighted by Gasteiger charge is 2.30. The van der Waals surface area contributed by atoms with E-state index in [1.165, 1.54) is 0 Å². The first kappa shape index (κ1) is 30.5. The number of rotatable bonds is 17. The summed E-state index contributed by atoms with van der Waals surface area (Å²) in [6.07, 6.45) is 0.399. The molecule has 0 fully saturated rings. The van der Waals surface area contributed by atoms with Crippen LogP contribution in [0.15, 0.2) is 30.3 Å². The van der Waals surface area contributed by atoms with Crippen molar-refractivity contribution in [2.45, 2.75) is 62.7 Å². The Labute approximate surface area is 208 Å². The minimum absolute atomic E-state index is 0.0969. The van der Waals surface area contributed by atoms with Crippen LogP contribution in [0, 0.1) is 0 Å². The second-order valence-corrected chi connectivity index (χ2v) is 8.22. The Morgan fingerprint density at radius 3 is 1.94 bits per heavy atom. The van der Waals surface area contributed by atoms with Gasteiger partial charge in [0.1, 0.15) is 18.1 Å². The second-order valence-electron chi connectivity index (χ2n) is 8.22. The van der Waals surface area contributed by atoms with Gasteiger partial charge in [0.05, 0.1) is 12.6 Å². The molecule has 0 spiro atoms. The van der Waals surface area contributed by atoms with Gasteiger partial charge >= 0.3 is 11.9 Å². The molecule has 1 aromatic rings. The lowest BCUT2D eigenvalue weighted by atomic mass is 10.0. The zero-order valence-electron chi connectivity index (χ0n) is 19.9. The maximum Gasteiger partial charge on any atom is 0.326 e. The number of carboxylic acids is 2. The summed E-state index contributed by atoms with van der Waals surface area (Å²) in [5.74, 6) is -5.05. The van der Waals surface area contributed by atoms with Gasteiger partial charge in [-0.25, -0.2) is 4.79 Å². The lowest BCUT2D eigenvalue weighted by molar-refractivity contribution is -0.143. The number of unbranched alkanes of at least 4 members (excludes halogenated alkanes) is 1. The van der Waals surface area contributed by atoms with E-state index in [4.69, 9.17) is 16.6 Å². The van der Waals surface area contributed by atoms with E-state index in [1.807, 2.05) is 6.07 Å². The molecule has 1 aromatic carbocycles. The van der Waals surface area contributed by atoms with E-state index in [2.05, 4.69) is 16.0 Å². The van der Waals surface area contributed by atoms with Crippen molar-refractivity contribution in [2.24, 2.45) is 11.5 Å². The first-order valence-corrected chi connectivity index (χ1v) is 11.5. The fourth-order valence-corrected chi connectivity index (χ4v) is 3.27. The molecule has 0 aliphatic heterocycles. The number of carbonyl (C=O) groups excluding carboxylic acids is 3. The number of aliphatic carboxylic acids is 2. The zero-order chi connectivity index (χ0) is 27.1. The molecule has 4 atom stereocenters. The summed E-state index contributed by atoms with van der Waals surface area (Å²) in [7, 11) is 0. The van der Waals surface area contributed by atoms with E-state index in [0.717, 1.165) is 5.56 Å². The van der Waals surface area contributed by atoms with Crippen molar-refractivity contribution in [1.82, 2.24) is 16.0 Å². The number of nitrogens with one attached hydrogen (secondary N) is 3. The number of aliphatic hydroxyl groups excluding tert-OH is 1. The molecule has 13 nitrogen and oxygen atoms in total. The van der Waals surface area contributed by atoms with E-state index in [-0.39, 0.29) is 19.3 Å². The maximum absolute atomic E-state index is 12.7. The topological polar surface area (TPSA) is 234 Å². The van der Waals surface area contributed by atoms with Crippen molar-refractivity contribution in [3.63, 3.8) is 0 Å². The van der Waals surface area contributed by atoms with Gasteiger partial charge < -0.3 is 42.7 Å². The lowest BCUT2D eigenvalue weighted by Crippen LogP contribution is -2.58. The number of nitrogens with two attached hydrogens (primary N) is 2. The number of benzene rings is 1. The Balaban J connectivity index is 2.84. The third-order valence-corrected chi connectivity index (χ3v) is 5.29. The SMILES string of the molecule is NCCCCC(NC(=O)C(CO)NC(=O)C(N)Cc1ccccc1)C(=O)NC(CCC(=O)O)C(=O)O. The molecule has 0 radical (unpaired) electrons. The average Bonchev–Trinajstić information content (AvgIpc) is 2.84. The third kappa shape index (κ3) is 11.3. The van der Waals surface area contributed by atoms with Crippen LogP contribution < -0.4 is 27.4 Å². The molecule has 0 heterocycles. The Bertz CT molecular complexity index is 883. The quantitative estimate of drug-likeness (QED) is 0.108. The van der Waals surface area contributed by atoms with Crippen LogP contribution in [0.25, 0.3) is 0 Å². The van der Waals surface area contributed by atoms with Gasteiger partial charge in [-0.2, -0.15) is 0 Å². The molecule has 4 unspecified atom stereocenters. The normalized spacial score (nSPS) is 14.1. The summed E-state index contributed by atoms with van der Waals surface area (Å²) < 4.78 is 0. The summed E-state index contributed by atoms with van der Waals surface area (Å²) in [5.41, 5.74) is 12.2. The highest BCUT2D eigenvalue weighted by molar-refractivity contribution is 5.94. The maximum atomic E-state index is 12.7. The molecule has 200 valence electrons. The molecule has 0 bridgehead atoms. The van der Waals surface area contributed by atoms with Gasteiger partial charge in [-0.3, -0.25) is 19.2 Å². The van der Waals surface area contributed by atoms with Crippen LogP contribution >= 0.6 is 0 Å². The number of carbonyl (C=O) groups is 5. The van der Waals surface area contributed by atoms with Gasteiger partial charge in [0.25, 0.3) is 0 Å². The van der Waals surface area contributed by atoms with Gasteiger partial charge in [0, 0.05) is 6.42 Å². The van der Waals surface area contributed by atoms with E-state index < -0.39 is 66.9 Å². The Hall–Kier alpha value is -3.55. The van der Waals surface area contributed by atoms with Crippen molar-refractivity contribution in [1.29, 1.82) is 0 Å². The molecule has 36 heavy (non-hydrogen) atoms. The predicted molar refractivity (Wildman–Crippen MR) is 128 cm³/mol. The Kier molecular flexibility index (Phi) is 13.7. The van der Waals surface area contributed by atoms with Gasteiger partial charge in [0.2, 0.25) is 17.7 Å². The molecule has 0 aromatic heterocycles. The van der Waals surface area contributed by atoms with Crippen LogP contribution in [0.3, 0.4) is 0 Å². The van der Waals surface area contributed by atoms with Crippen LogP contribution in [0.2, 0.25) is 0 Å². The number of carboxylic acid groups (broad SMARTS) is 2. The van der Waals surface area contributed by atoms with Gasteiger partial charge in [-0.1, -0.05) is 30.3 Å². The average molecular weight is 510 g/mol. The van der Waals surface area contributed by atoms with Crippen molar-refractivity contribution >= 4 is 29.7 Å². The fraction of sp³-hybridized carbons (Fsp3) is 0.522. The van der Waals surface area contributed by atoms with Crippen molar-refractivity contribution in [3.05, 3.63) is 35.9 Å². The molecular formula is C23H35N5O8. The molecule has 3 amide bonds. The van der Waals surface area contributed by atoms with E-state index in [9.17, 15) is 34.2 Å². The summed E-state index contributed by atoms with van der Waals surface area (Å²) >= 11 is 0. The molecule has 0 saturated carbocycles. The molecule has 0 saturated heterocycles. The van der Waals surface area contributed by atoms with E-state index in [0.29, 0.717) is 19.4 Å². The monoisotopic (exact) mass is 509 g/mol. The van der Waals surface area contributed by atoms with E-state index in [1.54, 1.807) is 24.3 Å². The largest absolute Gasteiger partial charge is 0.481 e. The summed E-state index contributed by atoms with van der Waals surface area (Å²) in [6.45, 7) is -0.448. The third-order valence-electron chi connectivity index (χ3n) is 5.29. The smallest absolute Gasteiger partial charge is 0.326 e. The summed E-state index contributed by atoms with van der Waals surface area (Å²) in [5, 5.41) is 34.7. The lowest BCUT2D eigenvalue weighted by Gasteiger charge is -2.24. The van der Waals surface area contributed by atoms with Crippen molar-refractivity contribution in [2.75, 3.05) is 13.2 Å². The van der Waals surface area contributed by atoms with Crippen molar-refractivity contribution in [3.8, 4) is 0 Å². The summed E-state index contributed by atoms with van der Waals surface area (Å²) in [6, 6.07) is 3.86. The van der Waals surface area contributed by atoms with Crippen LogP contribution in [0.1, 0.15) is 37.7 Å². The number of amides is 3. The number of hydrogen-bond donors (Lipinski definition) is 8. The summed E-state index contributed by atoms with van der Waals surface area (Å²) in [4.78, 5) is 60.1. The minimum atomic E-state index is -1.48.